The minimum absolute atomic E-state index is 0.0230. The molecule has 2 aromatic carbocycles. The fourth-order valence-electron chi connectivity index (χ4n) is 4.09. The van der Waals surface area contributed by atoms with Gasteiger partial charge in [0, 0.05) is 30.8 Å². The maximum absolute atomic E-state index is 12.6. The third-order valence-corrected chi connectivity index (χ3v) is 5.97. The highest BCUT2D eigenvalue weighted by Gasteiger charge is 2.35. The summed E-state index contributed by atoms with van der Waals surface area (Å²) in [5, 5.41) is 12.1. The van der Waals surface area contributed by atoms with E-state index in [-0.39, 0.29) is 24.5 Å². The van der Waals surface area contributed by atoms with E-state index < -0.39 is 0 Å². The first kappa shape index (κ1) is 22.8. The van der Waals surface area contributed by atoms with Gasteiger partial charge < -0.3 is 19.6 Å². The zero-order valence-electron chi connectivity index (χ0n) is 18.9. The van der Waals surface area contributed by atoms with Crippen molar-refractivity contribution in [2.45, 2.75) is 45.2 Å². The van der Waals surface area contributed by atoms with Crippen LogP contribution in [0.4, 0.5) is 11.4 Å². The highest BCUT2D eigenvalue weighted by molar-refractivity contribution is 6.07. The Labute approximate surface area is 193 Å². The van der Waals surface area contributed by atoms with E-state index in [1.807, 2.05) is 60.4 Å². The summed E-state index contributed by atoms with van der Waals surface area (Å²) in [4.78, 5) is 32.6. The number of benzene rings is 2. The largest absolute Gasteiger partial charge is 0.494 e. The second-order valence-corrected chi connectivity index (χ2v) is 8.28. The number of fused-ring (bicyclic) bond motifs is 2. The Balaban J connectivity index is 1.21. The van der Waals surface area contributed by atoms with Crippen molar-refractivity contribution in [3.8, 4) is 5.75 Å². The number of para-hydroxylation sites is 1. The Morgan fingerprint density at radius 3 is 2.82 bits per heavy atom. The lowest BCUT2D eigenvalue weighted by Gasteiger charge is -2.26. The summed E-state index contributed by atoms with van der Waals surface area (Å²) in [6.07, 6.45) is 2.94. The van der Waals surface area contributed by atoms with E-state index in [1.165, 1.54) is 0 Å². The van der Waals surface area contributed by atoms with Crippen molar-refractivity contribution in [3.05, 3.63) is 54.1 Å². The van der Waals surface area contributed by atoms with Crippen molar-refractivity contribution in [1.29, 1.82) is 0 Å². The van der Waals surface area contributed by atoms with Gasteiger partial charge in [-0.25, -0.2) is 4.99 Å². The number of nitrogens with one attached hydrogen (secondary N) is 1. The number of aliphatic hydroxyl groups is 1. The number of hydrogen-bond acceptors (Lipinski definition) is 6. The first-order chi connectivity index (χ1) is 16.1. The van der Waals surface area contributed by atoms with Crippen molar-refractivity contribution in [2.75, 3.05) is 24.7 Å². The number of aliphatic hydroxyl groups excluding tert-OH is 1. The molecule has 2 heterocycles. The van der Waals surface area contributed by atoms with Crippen LogP contribution in [0.2, 0.25) is 0 Å². The minimum atomic E-state index is -0.223. The van der Waals surface area contributed by atoms with Gasteiger partial charge in [-0.15, -0.1) is 0 Å². The van der Waals surface area contributed by atoms with Gasteiger partial charge in [0.2, 0.25) is 17.8 Å². The molecule has 1 saturated heterocycles. The first-order valence-electron chi connectivity index (χ1n) is 11.4. The van der Waals surface area contributed by atoms with Gasteiger partial charge in [-0.05, 0) is 56.5 Å². The molecule has 0 saturated carbocycles. The quantitative estimate of drug-likeness (QED) is 0.543. The zero-order chi connectivity index (χ0) is 23.2. The summed E-state index contributed by atoms with van der Waals surface area (Å²) >= 11 is 0. The third kappa shape index (κ3) is 5.34. The minimum Gasteiger partial charge on any atom is -0.494 e. The van der Waals surface area contributed by atoms with Gasteiger partial charge in [0.15, 0.2) is 0 Å². The van der Waals surface area contributed by atoms with Gasteiger partial charge >= 0.3 is 0 Å². The average Bonchev–Trinajstić information content (AvgIpc) is 3.11. The van der Waals surface area contributed by atoms with E-state index in [0.29, 0.717) is 32.1 Å². The highest BCUT2D eigenvalue weighted by atomic mass is 16.5. The summed E-state index contributed by atoms with van der Waals surface area (Å²) in [6.45, 7) is 3.30. The molecule has 0 spiro atoms. The Kier molecular flexibility index (Phi) is 7.24. The molecular formula is C25H30N4O4. The molecule has 0 aromatic heterocycles. The maximum atomic E-state index is 12.6. The summed E-state index contributed by atoms with van der Waals surface area (Å²) in [5.41, 5.74) is 2.70. The fraction of sp³-hybridized carbons (Fsp3) is 0.400. The second kappa shape index (κ2) is 10.5. The Morgan fingerprint density at radius 1 is 1.21 bits per heavy atom. The topological polar surface area (TPSA) is 94.5 Å². The summed E-state index contributed by atoms with van der Waals surface area (Å²) in [7, 11) is 0. The predicted octanol–water partition coefficient (Wildman–Crippen LogP) is 2.97. The standard InChI is InChI=1S/C25H30N4O4/c1-18-24(32)27-25-26-22-12-11-21(16-19(22)17-29(18)25)33-15-7-3-6-10-23(31)28(13-14-30)20-8-4-2-5-9-20/h2,4-5,8-9,11-12,16,18,30H,3,6-7,10,13-15,17H2,1H3,(H,26,27,32). The highest BCUT2D eigenvalue weighted by Crippen LogP contribution is 2.31. The van der Waals surface area contributed by atoms with E-state index in [0.717, 1.165) is 42.0 Å². The van der Waals surface area contributed by atoms with Crippen LogP contribution in [0.5, 0.6) is 5.75 Å². The molecule has 174 valence electrons. The van der Waals surface area contributed by atoms with Gasteiger partial charge in [-0.3, -0.25) is 14.9 Å². The fourth-order valence-corrected chi connectivity index (χ4v) is 4.09. The molecule has 2 aliphatic rings. The van der Waals surface area contributed by atoms with Crippen molar-refractivity contribution < 1.29 is 19.4 Å². The van der Waals surface area contributed by atoms with Crippen LogP contribution in [0.15, 0.2) is 53.5 Å². The SMILES string of the molecule is CC1C(=O)NC2=Nc3ccc(OCCCCCC(=O)N(CCO)c4ccccc4)cc3CN21. The van der Waals surface area contributed by atoms with Crippen molar-refractivity contribution in [1.82, 2.24) is 10.2 Å². The summed E-state index contributed by atoms with van der Waals surface area (Å²) in [5.74, 6) is 1.40. The predicted molar refractivity (Wildman–Crippen MR) is 127 cm³/mol. The Hall–Kier alpha value is -3.39. The van der Waals surface area contributed by atoms with Crippen LogP contribution in [0, 0.1) is 0 Å². The molecule has 4 rings (SSSR count). The third-order valence-electron chi connectivity index (χ3n) is 5.97. The van der Waals surface area contributed by atoms with Crippen molar-refractivity contribution >= 4 is 29.1 Å². The number of carbonyl (C=O) groups excluding carboxylic acids is 2. The van der Waals surface area contributed by atoms with Crippen molar-refractivity contribution in [2.24, 2.45) is 4.99 Å². The number of amides is 2. The molecule has 1 unspecified atom stereocenters. The number of unbranched alkanes of at least 4 members (excludes halogenated alkanes) is 2. The molecule has 33 heavy (non-hydrogen) atoms. The number of anilines is 1. The molecule has 2 N–H and O–H groups in total. The van der Waals surface area contributed by atoms with Gasteiger partial charge in [0.1, 0.15) is 11.8 Å². The summed E-state index contributed by atoms with van der Waals surface area (Å²) in [6, 6.07) is 15.0. The zero-order valence-corrected chi connectivity index (χ0v) is 18.9. The van der Waals surface area contributed by atoms with Crippen LogP contribution < -0.4 is 15.0 Å². The van der Waals surface area contributed by atoms with Crippen LogP contribution in [0.1, 0.15) is 38.2 Å². The number of aliphatic imine (C=N–C) groups is 1. The molecule has 0 radical (unpaired) electrons. The van der Waals surface area contributed by atoms with Crippen LogP contribution in [-0.4, -0.2) is 53.6 Å². The molecule has 1 fully saturated rings. The molecule has 1 atom stereocenters. The van der Waals surface area contributed by atoms with Gasteiger partial charge in [0.25, 0.3) is 0 Å². The number of rotatable bonds is 10. The van der Waals surface area contributed by atoms with E-state index in [4.69, 9.17) is 4.74 Å². The van der Waals surface area contributed by atoms with Crippen molar-refractivity contribution in [3.63, 3.8) is 0 Å². The van der Waals surface area contributed by atoms with E-state index in [9.17, 15) is 14.7 Å². The first-order valence-corrected chi connectivity index (χ1v) is 11.4. The second-order valence-electron chi connectivity index (χ2n) is 8.28. The maximum Gasteiger partial charge on any atom is 0.249 e. The molecule has 2 aliphatic heterocycles. The van der Waals surface area contributed by atoms with E-state index in [2.05, 4.69) is 10.3 Å². The molecule has 0 bridgehead atoms. The molecule has 8 nitrogen and oxygen atoms in total. The number of guanidine groups is 1. The molecule has 0 aliphatic carbocycles. The Morgan fingerprint density at radius 2 is 2.03 bits per heavy atom. The van der Waals surface area contributed by atoms with Crippen LogP contribution >= 0.6 is 0 Å². The van der Waals surface area contributed by atoms with E-state index in [1.54, 1.807) is 4.90 Å². The smallest absolute Gasteiger partial charge is 0.249 e. The van der Waals surface area contributed by atoms with Gasteiger partial charge in [-0.2, -0.15) is 0 Å². The Bertz CT molecular complexity index is 1020. The lowest BCUT2D eigenvalue weighted by molar-refractivity contribution is -0.121. The summed E-state index contributed by atoms with van der Waals surface area (Å²) < 4.78 is 5.92. The normalized spacial score (nSPS) is 16.5. The van der Waals surface area contributed by atoms with Gasteiger partial charge in [-0.1, -0.05) is 18.2 Å². The van der Waals surface area contributed by atoms with Crippen LogP contribution in [0.25, 0.3) is 0 Å². The number of ether oxygens (including phenoxy) is 1. The number of hydrogen-bond donors (Lipinski definition) is 2. The van der Waals surface area contributed by atoms with Crippen LogP contribution in [-0.2, 0) is 16.1 Å². The molecule has 2 amide bonds. The van der Waals surface area contributed by atoms with Gasteiger partial charge in [0.05, 0.1) is 18.9 Å². The van der Waals surface area contributed by atoms with E-state index >= 15 is 0 Å². The lowest BCUT2D eigenvalue weighted by atomic mass is 10.1. The number of carbonyl (C=O) groups is 2. The molecule has 2 aromatic rings. The average molecular weight is 451 g/mol. The lowest BCUT2D eigenvalue weighted by Crippen LogP contribution is -2.35. The molecular weight excluding hydrogens is 420 g/mol. The monoisotopic (exact) mass is 450 g/mol. The molecule has 8 heteroatoms. The van der Waals surface area contributed by atoms with Crippen LogP contribution in [0.3, 0.4) is 0 Å². The number of nitrogens with zero attached hydrogens (tertiary/aromatic N) is 3.